The molecule has 0 unspecified atom stereocenters. The van der Waals surface area contributed by atoms with E-state index in [2.05, 4.69) is 32.2 Å². The van der Waals surface area contributed by atoms with Crippen LogP contribution in [-0.4, -0.2) is 12.7 Å². The maximum Gasteiger partial charge on any atom is 0.411 e. The first kappa shape index (κ1) is 16.3. The second kappa shape index (κ2) is 9.18. The van der Waals surface area contributed by atoms with Gasteiger partial charge in [0.25, 0.3) is 0 Å². The van der Waals surface area contributed by atoms with Crippen molar-refractivity contribution in [3.8, 4) is 0 Å². The molecule has 1 atom stereocenters. The van der Waals surface area contributed by atoms with E-state index in [0.29, 0.717) is 12.5 Å². The lowest BCUT2D eigenvalue weighted by atomic mass is 10.0. The van der Waals surface area contributed by atoms with E-state index in [0.717, 1.165) is 24.9 Å². The molecule has 0 radical (unpaired) electrons. The number of rotatable bonds is 7. The zero-order valence-corrected chi connectivity index (χ0v) is 12.7. The van der Waals surface area contributed by atoms with Crippen LogP contribution in [0.3, 0.4) is 0 Å². The van der Waals surface area contributed by atoms with Crippen LogP contribution in [-0.2, 0) is 4.74 Å². The molecule has 0 saturated carbocycles. The summed E-state index contributed by atoms with van der Waals surface area (Å²) in [7, 11) is 0. The number of benzene rings is 1. The van der Waals surface area contributed by atoms with E-state index < -0.39 is 0 Å². The molecule has 0 aliphatic heterocycles. The molecule has 0 aliphatic carbocycles. The third-order valence-electron chi connectivity index (χ3n) is 3.08. The zero-order valence-electron chi connectivity index (χ0n) is 12.7. The van der Waals surface area contributed by atoms with Gasteiger partial charge in [-0.15, -0.1) is 0 Å². The van der Waals surface area contributed by atoms with Crippen molar-refractivity contribution in [3.05, 3.63) is 42.0 Å². The number of allylic oxidation sites excluding steroid dienone is 2. The molecule has 0 bridgehead atoms. The van der Waals surface area contributed by atoms with Gasteiger partial charge in [-0.2, -0.15) is 0 Å². The first-order valence-electron chi connectivity index (χ1n) is 7.20. The smallest absolute Gasteiger partial charge is 0.411 e. The van der Waals surface area contributed by atoms with Crippen molar-refractivity contribution < 1.29 is 9.53 Å². The molecule has 0 spiro atoms. The molecule has 1 amide bonds. The number of para-hydroxylation sites is 1. The minimum Gasteiger partial charge on any atom is -0.449 e. The Bertz CT molecular complexity index is 422. The molecule has 1 N–H and O–H groups in total. The van der Waals surface area contributed by atoms with Crippen LogP contribution in [0.25, 0.3) is 0 Å². The quantitative estimate of drug-likeness (QED) is 0.710. The molecule has 0 fully saturated rings. The summed E-state index contributed by atoms with van der Waals surface area (Å²) in [6, 6.07) is 9.33. The molecule has 1 rings (SSSR count). The van der Waals surface area contributed by atoms with Crippen molar-refractivity contribution in [1.82, 2.24) is 0 Å². The standard InChI is InChI=1S/C17H25NO2/c1-14(2)8-7-9-15(3)12-13-20-17(19)18-16-10-5-4-6-11-16/h4-6,8,10-11,15H,7,9,12-13H2,1-3H3,(H,18,19)/t15-/m0/s1. The number of carbonyl (C=O) groups excluding carboxylic acids is 1. The van der Waals surface area contributed by atoms with Gasteiger partial charge in [0.1, 0.15) is 0 Å². The fraction of sp³-hybridized carbons (Fsp3) is 0.471. The fourth-order valence-corrected chi connectivity index (χ4v) is 1.83. The summed E-state index contributed by atoms with van der Waals surface area (Å²) in [5.41, 5.74) is 2.12. The van der Waals surface area contributed by atoms with E-state index in [-0.39, 0.29) is 6.09 Å². The number of nitrogens with one attached hydrogen (secondary N) is 1. The molecule has 1 aromatic rings. The summed E-state index contributed by atoms with van der Waals surface area (Å²) in [5, 5.41) is 2.70. The lowest BCUT2D eigenvalue weighted by Gasteiger charge is -2.11. The van der Waals surface area contributed by atoms with Crippen molar-refractivity contribution >= 4 is 11.8 Å². The molecule has 3 heteroatoms. The van der Waals surface area contributed by atoms with Gasteiger partial charge < -0.3 is 4.74 Å². The maximum absolute atomic E-state index is 11.6. The third-order valence-corrected chi connectivity index (χ3v) is 3.08. The Morgan fingerprint density at radius 2 is 1.95 bits per heavy atom. The van der Waals surface area contributed by atoms with Crippen molar-refractivity contribution in [2.45, 2.75) is 40.0 Å². The van der Waals surface area contributed by atoms with E-state index in [1.807, 2.05) is 30.3 Å². The van der Waals surface area contributed by atoms with Crippen LogP contribution in [0, 0.1) is 5.92 Å². The summed E-state index contributed by atoms with van der Waals surface area (Å²) in [6.07, 6.45) is 5.00. The average Bonchev–Trinajstić information content (AvgIpc) is 2.39. The topological polar surface area (TPSA) is 38.3 Å². The normalized spacial score (nSPS) is 11.6. The predicted octanol–water partition coefficient (Wildman–Crippen LogP) is 5.01. The minimum absolute atomic E-state index is 0.382. The van der Waals surface area contributed by atoms with Crippen LogP contribution in [0.15, 0.2) is 42.0 Å². The molecular weight excluding hydrogens is 250 g/mol. The molecule has 20 heavy (non-hydrogen) atoms. The summed E-state index contributed by atoms with van der Waals surface area (Å²) >= 11 is 0. The number of carbonyl (C=O) groups is 1. The van der Waals surface area contributed by atoms with Crippen molar-refractivity contribution in [2.24, 2.45) is 5.92 Å². The van der Waals surface area contributed by atoms with E-state index in [4.69, 9.17) is 4.74 Å². The molecule has 3 nitrogen and oxygen atoms in total. The SMILES string of the molecule is CC(C)=CCC[C@H](C)CCOC(=O)Nc1ccccc1. The fourth-order valence-electron chi connectivity index (χ4n) is 1.83. The van der Waals surface area contributed by atoms with Gasteiger partial charge in [0.15, 0.2) is 0 Å². The van der Waals surface area contributed by atoms with E-state index >= 15 is 0 Å². The van der Waals surface area contributed by atoms with Crippen LogP contribution in [0.2, 0.25) is 0 Å². The lowest BCUT2D eigenvalue weighted by molar-refractivity contribution is 0.153. The van der Waals surface area contributed by atoms with Gasteiger partial charge >= 0.3 is 6.09 Å². The monoisotopic (exact) mass is 275 g/mol. The molecule has 110 valence electrons. The molecule has 0 saturated heterocycles. The zero-order chi connectivity index (χ0) is 14.8. The number of ether oxygens (including phenoxy) is 1. The van der Waals surface area contributed by atoms with Crippen LogP contribution >= 0.6 is 0 Å². The number of amides is 1. The van der Waals surface area contributed by atoms with Crippen LogP contribution in [0.1, 0.15) is 40.0 Å². The second-order valence-corrected chi connectivity index (χ2v) is 5.38. The Hall–Kier alpha value is -1.77. The second-order valence-electron chi connectivity index (χ2n) is 5.38. The first-order chi connectivity index (χ1) is 9.58. The van der Waals surface area contributed by atoms with Crippen LogP contribution < -0.4 is 5.32 Å². The highest BCUT2D eigenvalue weighted by atomic mass is 16.5. The Kier molecular flexibility index (Phi) is 7.48. The lowest BCUT2D eigenvalue weighted by Crippen LogP contribution is -2.15. The molecule has 0 aliphatic rings. The van der Waals surface area contributed by atoms with E-state index in [9.17, 15) is 4.79 Å². The highest BCUT2D eigenvalue weighted by Gasteiger charge is 2.05. The van der Waals surface area contributed by atoms with E-state index in [1.54, 1.807) is 0 Å². The van der Waals surface area contributed by atoms with Gasteiger partial charge in [0.05, 0.1) is 6.61 Å². The van der Waals surface area contributed by atoms with Crippen LogP contribution in [0.5, 0.6) is 0 Å². The van der Waals surface area contributed by atoms with E-state index in [1.165, 1.54) is 5.57 Å². The average molecular weight is 275 g/mol. The number of hydrogen-bond acceptors (Lipinski definition) is 2. The number of anilines is 1. The molecular formula is C17H25NO2. The van der Waals surface area contributed by atoms with Crippen LogP contribution in [0.4, 0.5) is 10.5 Å². The first-order valence-corrected chi connectivity index (χ1v) is 7.20. The number of hydrogen-bond donors (Lipinski definition) is 1. The van der Waals surface area contributed by atoms with Gasteiger partial charge in [-0.3, -0.25) is 5.32 Å². The Morgan fingerprint density at radius 3 is 2.60 bits per heavy atom. The largest absolute Gasteiger partial charge is 0.449 e. The Labute approximate surface area is 122 Å². The summed E-state index contributed by atoms with van der Waals surface area (Å²) in [5.74, 6) is 0.565. The van der Waals surface area contributed by atoms with Gasteiger partial charge in [0.2, 0.25) is 0 Å². The summed E-state index contributed by atoms with van der Waals surface area (Å²) in [4.78, 5) is 11.6. The Morgan fingerprint density at radius 1 is 1.25 bits per heavy atom. The van der Waals surface area contributed by atoms with Gasteiger partial charge in [-0.05, 0) is 51.2 Å². The molecule has 1 aromatic carbocycles. The van der Waals surface area contributed by atoms with Gasteiger partial charge in [-0.25, -0.2) is 4.79 Å². The molecule has 0 heterocycles. The van der Waals surface area contributed by atoms with Crippen molar-refractivity contribution in [2.75, 3.05) is 11.9 Å². The molecule has 0 aromatic heterocycles. The van der Waals surface area contributed by atoms with Gasteiger partial charge in [-0.1, -0.05) is 36.8 Å². The minimum atomic E-state index is -0.382. The van der Waals surface area contributed by atoms with Crippen molar-refractivity contribution in [1.29, 1.82) is 0 Å². The maximum atomic E-state index is 11.6. The highest BCUT2D eigenvalue weighted by Crippen LogP contribution is 2.12. The van der Waals surface area contributed by atoms with Crippen molar-refractivity contribution in [3.63, 3.8) is 0 Å². The third kappa shape index (κ3) is 7.62. The predicted molar refractivity (Wildman–Crippen MR) is 83.9 cm³/mol. The summed E-state index contributed by atoms with van der Waals surface area (Å²) in [6.45, 7) is 6.88. The summed E-state index contributed by atoms with van der Waals surface area (Å²) < 4.78 is 5.18. The van der Waals surface area contributed by atoms with Gasteiger partial charge in [0, 0.05) is 5.69 Å². The Balaban J connectivity index is 2.14. The highest BCUT2D eigenvalue weighted by molar-refractivity contribution is 5.84.